The van der Waals surface area contributed by atoms with Crippen LogP contribution in [0, 0.1) is 0 Å². The lowest BCUT2D eigenvalue weighted by atomic mass is 10.2. The van der Waals surface area contributed by atoms with Crippen LogP contribution in [0.2, 0.25) is 10.0 Å². The molecule has 18 heavy (non-hydrogen) atoms. The molecule has 0 radical (unpaired) electrons. The van der Waals surface area contributed by atoms with E-state index in [1.807, 2.05) is 0 Å². The van der Waals surface area contributed by atoms with Crippen LogP contribution in [0.4, 0.5) is 10.5 Å². The molecular weight excluding hydrogens is 279 g/mol. The highest BCUT2D eigenvalue weighted by Gasteiger charge is 2.20. The van der Waals surface area contributed by atoms with Gasteiger partial charge < -0.3 is 15.3 Å². The fourth-order valence-corrected chi connectivity index (χ4v) is 1.65. The van der Waals surface area contributed by atoms with Crippen LogP contribution in [0.5, 0.6) is 0 Å². The van der Waals surface area contributed by atoms with E-state index in [9.17, 15) is 9.59 Å². The van der Waals surface area contributed by atoms with Crippen molar-refractivity contribution < 1.29 is 14.7 Å². The molecule has 1 atom stereocenters. The summed E-state index contributed by atoms with van der Waals surface area (Å²) in [5.41, 5.74) is 0.536. The number of rotatable bonds is 3. The van der Waals surface area contributed by atoms with Crippen molar-refractivity contribution in [3.05, 3.63) is 28.2 Å². The Balaban J connectivity index is 2.85. The van der Waals surface area contributed by atoms with Crippen LogP contribution in [-0.2, 0) is 4.79 Å². The van der Waals surface area contributed by atoms with Gasteiger partial charge in [0.25, 0.3) is 0 Å². The zero-order valence-corrected chi connectivity index (χ0v) is 11.3. The third kappa shape index (κ3) is 3.51. The quantitative estimate of drug-likeness (QED) is 0.899. The average Bonchev–Trinajstić information content (AvgIpc) is 2.30. The van der Waals surface area contributed by atoms with Crippen LogP contribution >= 0.6 is 23.2 Å². The maximum Gasteiger partial charge on any atom is 0.405 e. The lowest BCUT2D eigenvalue weighted by Crippen LogP contribution is -2.45. The SMILES string of the molecule is CC(NC(=O)O)C(=O)N(C)c1ccc(Cl)c(Cl)c1. The maximum absolute atomic E-state index is 11.9. The third-order valence-electron chi connectivity index (χ3n) is 2.33. The van der Waals surface area contributed by atoms with E-state index in [1.54, 1.807) is 12.1 Å². The summed E-state index contributed by atoms with van der Waals surface area (Å²) < 4.78 is 0. The van der Waals surface area contributed by atoms with Gasteiger partial charge in [-0.2, -0.15) is 0 Å². The number of halogens is 2. The first-order valence-corrected chi connectivity index (χ1v) is 5.80. The van der Waals surface area contributed by atoms with Crippen molar-refractivity contribution in [2.24, 2.45) is 0 Å². The molecule has 2 amide bonds. The number of nitrogens with one attached hydrogen (secondary N) is 1. The van der Waals surface area contributed by atoms with Crippen molar-refractivity contribution in [3.8, 4) is 0 Å². The van der Waals surface area contributed by atoms with E-state index < -0.39 is 18.0 Å². The Labute approximate surface area is 114 Å². The van der Waals surface area contributed by atoms with Crippen molar-refractivity contribution >= 4 is 40.9 Å². The predicted octanol–water partition coefficient (Wildman–Crippen LogP) is 2.61. The monoisotopic (exact) mass is 290 g/mol. The van der Waals surface area contributed by atoms with E-state index in [0.29, 0.717) is 15.7 Å². The van der Waals surface area contributed by atoms with Gasteiger partial charge in [-0.25, -0.2) is 4.79 Å². The summed E-state index contributed by atoms with van der Waals surface area (Å²) in [7, 11) is 1.53. The zero-order valence-electron chi connectivity index (χ0n) is 9.78. The number of likely N-dealkylation sites (N-methyl/N-ethyl adjacent to an activating group) is 1. The first-order chi connectivity index (χ1) is 8.32. The van der Waals surface area contributed by atoms with Gasteiger partial charge in [0.1, 0.15) is 6.04 Å². The molecule has 0 saturated carbocycles. The molecule has 0 aliphatic carbocycles. The Kier molecular flexibility index (Phi) is 4.81. The van der Waals surface area contributed by atoms with Gasteiger partial charge in [0, 0.05) is 12.7 Å². The molecule has 2 N–H and O–H groups in total. The Morgan fingerprint density at radius 1 is 1.33 bits per heavy atom. The molecule has 1 rings (SSSR count). The summed E-state index contributed by atoms with van der Waals surface area (Å²) >= 11 is 11.6. The summed E-state index contributed by atoms with van der Waals surface area (Å²) in [5.74, 6) is -0.393. The third-order valence-corrected chi connectivity index (χ3v) is 3.07. The van der Waals surface area contributed by atoms with E-state index in [-0.39, 0.29) is 0 Å². The van der Waals surface area contributed by atoms with Crippen LogP contribution in [-0.4, -0.2) is 30.2 Å². The van der Waals surface area contributed by atoms with Gasteiger partial charge in [-0.1, -0.05) is 23.2 Å². The second-order valence-electron chi connectivity index (χ2n) is 3.67. The molecule has 0 fully saturated rings. The van der Waals surface area contributed by atoms with Crippen molar-refractivity contribution in [2.75, 3.05) is 11.9 Å². The summed E-state index contributed by atoms with van der Waals surface area (Å²) in [4.78, 5) is 23.7. The average molecular weight is 291 g/mol. The highest BCUT2D eigenvalue weighted by Crippen LogP contribution is 2.26. The first-order valence-electron chi connectivity index (χ1n) is 5.05. The molecule has 1 aromatic rings. The molecule has 0 aliphatic heterocycles. The number of benzene rings is 1. The van der Waals surface area contributed by atoms with E-state index in [4.69, 9.17) is 28.3 Å². The van der Waals surface area contributed by atoms with Crippen molar-refractivity contribution in [1.82, 2.24) is 5.32 Å². The first kappa shape index (κ1) is 14.6. The highest BCUT2D eigenvalue weighted by molar-refractivity contribution is 6.42. The van der Waals surface area contributed by atoms with Gasteiger partial charge in [-0.15, -0.1) is 0 Å². The molecule has 7 heteroatoms. The second kappa shape index (κ2) is 5.93. The van der Waals surface area contributed by atoms with Crippen LogP contribution in [0.3, 0.4) is 0 Å². The smallest absolute Gasteiger partial charge is 0.405 e. The Bertz CT molecular complexity index is 479. The summed E-state index contributed by atoms with van der Waals surface area (Å²) in [6, 6.07) is 3.88. The number of carbonyl (C=O) groups excluding carboxylic acids is 1. The molecule has 0 saturated heterocycles. The summed E-state index contributed by atoms with van der Waals surface area (Å²) in [6.45, 7) is 1.46. The molecule has 0 heterocycles. The number of carboxylic acid groups (broad SMARTS) is 1. The minimum absolute atomic E-state index is 0.327. The van der Waals surface area contributed by atoms with Crippen molar-refractivity contribution in [3.63, 3.8) is 0 Å². The fourth-order valence-electron chi connectivity index (χ4n) is 1.36. The Morgan fingerprint density at radius 3 is 2.44 bits per heavy atom. The van der Waals surface area contributed by atoms with Gasteiger partial charge in [0.05, 0.1) is 10.0 Å². The largest absolute Gasteiger partial charge is 0.465 e. The van der Waals surface area contributed by atoms with Gasteiger partial charge in [0.2, 0.25) is 5.91 Å². The lowest BCUT2D eigenvalue weighted by molar-refractivity contribution is -0.119. The Hall–Kier alpha value is -1.46. The number of hydrogen-bond acceptors (Lipinski definition) is 2. The number of hydrogen-bond donors (Lipinski definition) is 2. The number of nitrogens with zero attached hydrogens (tertiary/aromatic N) is 1. The van der Waals surface area contributed by atoms with E-state index in [1.165, 1.54) is 24.9 Å². The van der Waals surface area contributed by atoms with Gasteiger partial charge in [0.15, 0.2) is 0 Å². The fraction of sp³-hybridized carbons (Fsp3) is 0.273. The van der Waals surface area contributed by atoms with E-state index in [0.717, 1.165) is 0 Å². The zero-order chi connectivity index (χ0) is 13.9. The number of amides is 2. The van der Waals surface area contributed by atoms with Gasteiger partial charge >= 0.3 is 6.09 Å². The number of carbonyl (C=O) groups is 2. The minimum Gasteiger partial charge on any atom is -0.465 e. The summed E-state index contributed by atoms with van der Waals surface area (Å²) in [6.07, 6.45) is -1.25. The summed E-state index contributed by atoms with van der Waals surface area (Å²) in [5, 5.41) is 11.3. The molecular formula is C11H12Cl2N2O3. The van der Waals surface area contributed by atoms with Gasteiger partial charge in [-0.3, -0.25) is 4.79 Å². The molecule has 5 nitrogen and oxygen atoms in total. The molecule has 98 valence electrons. The van der Waals surface area contributed by atoms with E-state index >= 15 is 0 Å². The standard InChI is InChI=1S/C11H12Cl2N2O3/c1-6(14-11(17)18)10(16)15(2)7-3-4-8(12)9(13)5-7/h3-6,14H,1-2H3,(H,17,18). The second-order valence-corrected chi connectivity index (χ2v) is 4.48. The predicted molar refractivity (Wildman–Crippen MR) is 70.5 cm³/mol. The molecule has 1 aromatic carbocycles. The molecule has 0 bridgehead atoms. The Morgan fingerprint density at radius 2 is 1.94 bits per heavy atom. The highest BCUT2D eigenvalue weighted by atomic mass is 35.5. The van der Waals surface area contributed by atoms with Crippen LogP contribution in [0.1, 0.15) is 6.92 Å². The van der Waals surface area contributed by atoms with Crippen LogP contribution < -0.4 is 10.2 Å². The lowest BCUT2D eigenvalue weighted by Gasteiger charge is -2.21. The van der Waals surface area contributed by atoms with E-state index in [2.05, 4.69) is 5.32 Å². The van der Waals surface area contributed by atoms with Crippen LogP contribution in [0.15, 0.2) is 18.2 Å². The topological polar surface area (TPSA) is 69.6 Å². The van der Waals surface area contributed by atoms with Crippen LogP contribution in [0.25, 0.3) is 0 Å². The minimum atomic E-state index is -1.25. The molecule has 0 aromatic heterocycles. The normalized spacial score (nSPS) is 11.8. The van der Waals surface area contributed by atoms with Crippen molar-refractivity contribution in [2.45, 2.75) is 13.0 Å². The number of anilines is 1. The van der Waals surface area contributed by atoms with Crippen molar-refractivity contribution in [1.29, 1.82) is 0 Å². The van der Waals surface area contributed by atoms with Gasteiger partial charge in [-0.05, 0) is 25.1 Å². The molecule has 0 spiro atoms. The molecule has 1 unspecified atom stereocenters. The molecule has 0 aliphatic rings. The maximum atomic E-state index is 11.9.